The molecule has 1 aliphatic rings. The van der Waals surface area contributed by atoms with Gasteiger partial charge in [-0.15, -0.1) is 0 Å². The molecule has 1 aliphatic heterocycles. The van der Waals surface area contributed by atoms with Crippen molar-refractivity contribution < 1.29 is 18.3 Å². The zero-order valence-corrected chi connectivity index (χ0v) is 19.3. The first kappa shape index (κ1) is 22.8. The fourth-order valence-electron chi connectivity index (χ4n) is 4.15. The minimum Gasteiger partial charge on any atom is -0.478 e. The summed E-state index contributed by atoms with van der Waals surface area (Å²) in [7, 11) is -3.84. The predicted molar refractivity (Wildman–Crippen MR) is 128 cm³/mol. The Morgan fingerprint density at radius 1 is 1.09 bits per heavy atom. The lowest BCUT2D eigenvalue weighted by atomic mass is 9.90. The van der Waals surface area contributed by atoms with Crippen molar-refractivity contribution in [2.75, 3.05) is 22.7 Å². The second kappa shape index (κ2) is 9.62. The van der Waals surface area contributed by atoms with Gasteiger partial charge in [-0.2, -0.15) is 0 Å². The van der Waals surface area contributed by atoms with Gasteiger partial charge in [0.15, 0.2) is 0 Å². The van der Waals surface area contributed by atoms with E-state index in [-0.39, 0.29) is 16.1 Å². The summed E-state index contributed by atoms with van der Waals surface area (Å²) in [6.07, 6.45) is 4.27. The highest BCUT2D eigenvalue weighted by Crippen LogP contribution is 2.29. The number of carboxylic acid groups (broad SMARTS) is 1. The molecule has 0 spiro atoms. The average molecular weight is 466 g/mol. The van der Waals surface area contributed by atoms with Crippen LogP contribution in [0.1, 0.15) is 34.3 Å². The molecule has 0 unspecified atom stereocenters. The highest BCUT2D eigenvalue weighted by atomic mass is 32.2. The standard InChI is InChI=1S/C25H27N3O4S/c1-18-7-9-22(10-8-18)33(31,32)27-21-16-23(25(29)30)24(26-17-21)28-13-11-20(12-14-28)15-19-5-3-2-4-6-19/h2-10,16-17,20,27H,11-15H2,1H3,(H,29,30). The number of benzene rings is 2. The summed E-state index contributed by atoms with van der Waals surface area (Å²) >= 11 is 0. The van der Waals surface area contributed by atoms with E-state index in [1.54, 1.807) is 12.1 Å². The molecule has 2 N–H and O–H groups in total. The van der Waals surface area contributed by atoms with Crippen molar-refractivity contribution in [3.8, 4) is 0 Å². The van der Waals surface area contributed by atoms with Crippen molar-refractivity contribution in [2.45, 2.75) is 31.1 Å². The van der Waals surface area contributed by atoms with Crippen LogP contribution in [0.15, 0.2) is 71.8 Å². The molecule has 0 saturated carbocycles. The maximum Gasteiger partial charge on any atom is 0.339 e. The van der Waals surface area contributed by atoms with Crippen LogP contribution in [0.2, 0.25) is 0 Å². The summed E-state index contributed by atoms with van der Waals surface area (Å²) in [4.78, 5) is 18.4. The van der Waals surface area contributed by atoms with Gasteiger partial charge in [-0.3, -0.25) is 4.72 Å². The van der Waals surface area contributed by atoms with Crippen LogP contribution in [-0.2, 0) is 16.4 Å². The number of hydrogen-bond donors (Lipinski definition) is 2. The SMILES string of the molecule is Cc1ccc(S(=O)(=O)Nc2cnc(N3CCC(Cc4ccccc4)CC3)c(C(=O)O)c2)cc1. The topological polar surface area (TPSA) is 99.6 Å². The third-order valence-corrected chi connectivity index (χ3v) is 7.36. The summed E-state index contributed by atoms with van der Waals surface area (Å²) in [5, 5.41) is 9.77. The molecule has 2 heterocycles. The molecule has 0 bridgehead atoms. The van der Waals surface area contributed by atoms with E-state index in [0.717, 1.165) is 24.8 Å². The summed E-state index contributed by atoms with van der Waals surface area (Å²) in [5.74, 6) is -0.225. The van der Waals surface area contributed by atoms with E-state index in [4.69, 9.17) is 0 Å². The molecular weight excluding hydrogens is 438 g/mol. The highest BCUT2D eigenvalue weighted by molar-refractivity contribution is 7.92. The molecule has 1 fully saturated rings. The van der Waals surface area contributed by atoms with E-state index in [1.807, 2.05) is 30.0 Å². The molecule has 0 atom stereocenters. The predicted octanol–water partition coefficient (Wildman–Crippen LogP) is 4.35. The molecule has 7 nitrogen and oxygen atoms in total. The van der Waals surface area contributed by atoms with Crippen LogP contribution in [-0.4, -0.2) is 37.6 Å². The zero-order valence-electron chi connectivity index (χ0n) is 18.4. The van der Waals surface area contributed by atoms with E-state index < -0.39 is 16.0 Å². The number of aryl methyl sites for hydroxylation is 1. The van der Waals surface area contributed by atoms with Crippen molar-refractivity contribution in [3.63, 3.8) is 0 Å². The first-order chi connectivity index (χ1) is 15.8. The maximum atomic E-state index is 12.7. The molecule has 33 heavy (non-hydrogen) atoms. The van der Waals surface area contributed by atoms with E-state index in [9.17, 15) is 18.3 Å². The van der Waals surface area contributed by atoms with Crippen LogP contribution in [0.3, 0.4) is 0 Å². The Labute approximate surface area is 194 Å². The molecule has 0 radical (unpaired) electrons. The van der Waals surface area contributed by atoms with Crippen LogP contribution >= 0.6 is 0 Å². The van der Waals surface area contributed by atoms with E-state index in [1.165, 1.54) is 30.0 Å². The molecule has 172 valence electrons. The number of nitrogens with one attached hydrogen (secondary N) is 1. The van der Waals surface area contributed by atoms with Crippen molar-refractivity contribution >= 4 is 27.5 Å². The molecule has 0 aliphatic carbocycles. The number of rotatable bonds is 7. The molecule has 2 aromatic carbocycles. The number of aromatic carboxylic acids is 1. The minimum atomic E-state index is -3.84. The van der Waals surface area contributed by atoms with Crippen LogP contribution in [0.5, 0.6) is 0 Å². The quantitative estimate of drug-likeness (QED) is 0.538. The van der Waals surface area contributed by atoms with Gasteiger partial charge < -0.3 is 10.0 Å². The number of aromatic nitrogens is 1. The number of piperidine rings is 1. The van der Waals surface area contributed by atoms with Crippen LogP contribution in [0.25, 0.3) is 0 Å². The van der Waals surface area contributed by atoms with Gasteiger partial charge in [0.2, 0.25) is 0 Å². The molecule has 1 saturated heterocycles. The minimum absolute atomic E-state index is 0.0133. The molecule has 1 aromatic heterocycles. The first-order valence-corrected chi connectivity index (χ1v) is 12.4. The lowest BCUT2D eigenvalue weighted by Gasteiger charge is -2.33. The third kappa shape index (κ3) is 5.51. The van der Waals surface area contributed by atoms with Gasteiger partial charge in [-0.25, -0.2) is 18.2 Å². The summed E-state index contributed by atoms with van der Waals surface area (Å²) < 4.78 is 27.8. The number of nitrogens with zero attached hydrogens (tertiary/aromatic N) is 2. The van der Waals surface area contributed by atoms with Crippen molar-refractivity contribution in [3.05, 3.63) is 83.6 Å². The Morgan fingerprint density at radius 3 is 2.39 bits per heavy atom. The van der Waals surface area contributed by atoms with Gasteiger partial charge in [-0.1, -0.05) is 48.0 Å². The smallest absolute Gasteiger partial charge is 0.339 e. The number of carboxylic acids is 1. The van der Waals surface area contributed by atoms with Gasteiger partial charge in [0.1, 0.15) is 11.4 Å². The lowest BCUT2D eigenvalue weighted by molar-refractivity contribution is 0.0697. The summed E-state index contributed by atoms with van der Waals surface area (Å²) in [6, 6.07) is 18.1. The lowest BCUT2D eigenvalue weighted by Crippen LogP contribution is -2.36. The Bertz CT molecular complexity index is 1220. The normalized spacial score (nSPS) is 14.8. The molecule has 8 heteroatoms. The Kier molecular flexibility index (Phi) is 6.65. The fraction of sp³-hybridized carbons (Fsp3) is 0.280. The summed E-state index contributed by atoms with van der Waals surface area (Å²) in [5.41, 5.74) is 2.36. The third-order valence-electron chi connectivity index (χ3n) is 5.96. The van der Waals surface area contributed by atoms with E-state index >= 15 is 0 Å². The van der Waals surface area contributed by atoms with E-state index in [2.05, 4.69) is 21.8 Å². The van der Waals surface area contributed by atoms with Crippen molar-refractivity contribution in [2.24, 2.45) is 5.92 Å². The Balaban J connectivity index is 1.47. The second-order valence-electron chi connectivity index (χ2n) is 8.44. The van der Waals surface area contributed by atoms with Crippen LogP contribution in [0.4, 0.5) is 11.5 Å². The maximum absolute atomic E-state index is 12.7. The number of pyridine rings is 1. The van der Waals surface area contributed by atoms with Gasteiger partial charge in [-0.05, 0) is 55.9 Å². The van der Waals surface area contributed by atoms with Gasteiger partial charge in [0.25, 0.3) is 10.0 Å². The number of anilines is 2. The van der Waals surface area contributed by atoms with E-state index in [0.29, 0.717) is 24.8 Å². The zero-order chi connectivity index (χ0) is 23.4. The molecular formula is C25H27N3O4S. The van der Waals surface area contributed by atoms with Gasteiger partial charge in [0.05, 0.1) is 16.8 Å². The second-order valence-corrected chi connectivity index (χ2v) is 10.1. The summed E-state index contributed by atoms with van der Waals surface area (Å²) in [6.45, 7) is 3.29. The number of hydrogen-bond acceptors (Lipinski definition) is 5. The van der Waals surface area contributed by atoms with Gasteiger partial charge >= 0.3 is 5.97 Å². The Morgan fingerprint density at radius 2 is 1.76 bits per heavy atom. The monoisotopic (exact) mass is 465 g/mol. The largest absolute Gasteiger partial charge is 0.478 e. The first-order valence-electron chi connectivity index (χ1n) is 10.9. The fourth-order valence-corrected chi connectivity index (χ4v) is 5.18. The van der Waals surface area contributed by atoms with Crippen molar-refractivity contribution in [1.82, 2.24) is 4.98 Å². The van der Waals surface area contributed by atoms with Crippen molar-refractivity contribution in [1.29, 1.82) is 0 Å². The highest BCUT2D eigenvalue weighted by Gasteiger charge is 2.25. The Hall–Kier alpha value is -3.39. The van der Waals surface area contributed by atoms with Crippen LogP contribution in [0, 0.1) is 12.8 Å². The molecule has 4 rings (SSSR count). The average Bonchev–Trinajstić information content (AvgIpc) is 2.80. The van der Waals surface area contributed by atoms with Crippen LogP contribution < -0.4 is 9.62 Å². The van der Waals surface area contributed by atoms with Gasteiger partial charge in [0, 0.05) is 13.1 Å². The number of sulfonamides is 1. The molecule has 3 aromatic rings. The molecule has 0 amide bonds. The number of carbonyl (C=O) groups is 1.